The minimum atomic E-state index is -0.904. The van der Waals surface area contributed by atoms with E-state index in [1.807, 2.05) is 12.1 Å². The number of aliphatic carboxylic acids is 1. The second-order valence-corrected chi connectivity index (χ2v) is 4.51. The molecule has 1 aromatic carbocycles. The van der Waals surface area contributed by atoms with Crippen LogP contribution >= 0.6 is 15.9 Å². The highest BCUT2D eigenvalue weighted by molar-refractivity contribution is 9.10. The third kappa shape index (κ3) is 3.92. The number of aliphatic hydroxyl groups is 1. The summed E-state index contributed by atoms with van der Waals surface area (Å²) in [6.45, 7) is 0. The van der Waals surface area contributed by atoms with Crippen LogP contribution in [0.2, 0.25) is 0 Å². The van der Waals surface area contributed by atoms with E-state index in [0.717, 1.165) is 4.47 Å². The highest BCUT2D eigenvalue weighted by atomic mass is 79.9. The molecule has 0 aromatic heterocycles. The van der Waals surface area contributed by atoms with E-state index in [1.165, 1.54) is 0 Å². The first-order valence-corrected chi connectivity index (χ1v) is 5.71. The summed E-state index contributed by atoms with van der Waals surface area (Å²) in [5.74, 6) is -0.904. The Bertz CT molecular complexity index is 353. The molecular weight excluding hydrogens is 274 g/mol. The number of carbonyl (C=O) groups is 1. The average molecular weight is 288 g/mol. The van der Waals surface area contributed by atoms with Crippen molar-refractivity contribution < 1.29 is 15.0 Å². The van der Waals surface area contributed by atoms with Gasteiger partial charge in [-0.15, -0.1) is 0 Å². The standard InChI is InChI=1S/C11H14BrNO3/c12-8-3-1-7(2-4-8)11(16)9(13)5-6-10(14)15/h1-4,9,11,16H,5-6,13H2,(H,14,15). The van der Waals surface area contributed by atoms with Gasteiger partial charge in [-0.2, -0.15) is 0 Å². The van der Waals surface area contributed by atoms with E-state index >= 15 is 0 Å². The lowest BCUT2D eigenvalue weighted by Gasteiger charge is -2.18. The van der Waals surface area contributed by atoms with Gasteiger partial charge in [0, 0.05) is 16.9 Å². The van der Waals surface area contributed by atoms with Gasteiger partial charge in [0.2, 0.25) is 0 Å². The highest BCUT2D eigenvalue weighted by Crippen LogP contribution is 2.20. The minimum Gasteiger partial charge on any atom is -0.481 e. The molecule has 0 saturated heterocycles. The zero-order valence-corrected chi connectivity index (χ0v) is 10.2. The zero-order valence-electron chi connectivity index (χ0n) is 8.64. The van der Waals surface area contributed by atoms with Crippen LogP contribution in [0.4, 0.5) is 0 Å². The Morgan fingerprint density at radius 1 is 1.38 bits per heavy atom. The second kappa shape index (κ2) is 5.98. The molecule has 0 aliphatic heterocycles. The molecule has 0 heterocycles. The molecule has 0 fully saturated rings. The molecule has 0 saturated carbocycles. The summed E-state index contributed by atoms with van der Waals surface area (Å²) in [7, 11) is 0. The van der Waals surface area contributed by atoms with Gasteiger partial charge < -0.3 is 15.9 Å². The topological polar surface area (TPSA) is 83.6 Å². The lowest BCUT2D eigenvalue weighted by atomic mass is 9.99. The number of hydrogen-bond donors (Lipinski definition) is 3. The molecule has 0 aliphatic carbocycles. The molecule has 0 spiro atoms. The highest BCUT2D eigenvalue weighted by Gasteiger charge is 2.17. The molecule has 0 bridgehead atoms. The van der Waals surface area contributed by atoms with Crippen LogP contribution in [-0.2, 0) is 4.79 Å². The lowest BCUT2D eigenvalue weighted by Crippen LogP contribution is -2.29. The van der Waals surface area contributed by atoms with Gasteiger partial charge in [-0.05, 0) is 24.1 Å². The first kappa shape index (κ1) is 13.2. The van der Waals surface area contributed by atoms with Crippen LogP contribution in [0.1, 0.15) is 24.5 Å². The van der Waals surface area contributed by atoms with Crippen molar-refractivity contribution in [3.05, 3.63) is 34.3 Å². The first-order valence-electron chi connectivity index (χ1n) is 4.91. The van der Waals surface area contributed by atoms with E-state index in [9.17, 15) is 9.90 Å². The van der Waals surface area contributed by atoms with E-state index in [2.05, 4.69) is 15.9 Å². The Hall–Kier alpha value is -0.910. The number of aliphatic hydroxyl groups excluding tert-OH is 1. The number of rotatable bonds is 5. The van der Waals surface area contributed by atoms with Gasteiger partial charge in [-0.25, -0.2) is 0 Å². The molecule has 88 valence electrons. The second-order valence-electron chi connectivity index (χ2n) is 3.59. The van der Waals surface area contributed by atoms with Crippen LogP contribution in [0.25, 0.3) is 0 Å². The molecule has 2 atom stereocenters. The van der Waals surface area contributed by atoms with E-state index < -0.39 is 18.1 Å². The molecule has 16 heavy (non-hydrogen) atoms. The molecule has 4 nitrogen and oxygen atoms in total. The van der Waals surface area contributed by atoms with Crippen molar-refractivity contribution >= 4 is 21.9 Å². The van der Waals surface area contributed by atoms with Crippen molar-refractivity contribution in [1.29, 1.82) is 0 Å². The number of halogens is 1. The Morgan fingerprint density at radius 3 is 2.44 bits per heavy atom. The zero-order chi connectivity index (χ0) is 12.1. The van der Waals surface area contributed by atoms with Crippen LogP contribution in [0.5, 0.6) is 0 Å². The van der Waals surface area contributed by atoms with Gasteiger partial charge in [0.1, 0.15) is 0 Å². The van der Waals surface area contributed by atoms with E-state index in [4.69, 9.17) is 10.8 Å². The summed E-state index contributed by atoms with van der Waals surface area (Å²) >= 11 is 3.29. The Kier molecular flexibility index (Phi) is 4.92. The van der Waals surface area contributed by atoms with Crippen LogP contribution in [0.3, 0.4) is 0 Å². The quantitative estimate of drug-likeness (QED) is 0.769. The number of nitrogens with two attached hydrogens (primary N) is 1. The van der Waals surface area contributed by atoms with E-state index in [0.29, 0.717) is 5.56 Å². The number of hydrogen-bond acceptors (Lipinski definition) is 3. The fraction of sp³-hybridized carbons (Fsp3) is 0.364. The summed E-state index contributed by atoms with van der Waals surface area (Å²) in [6, 6.07) is 6.58. The average Bonchev–Trinajstić information content (AvgIpc) is 2.26. The molecule has 1 aromatic rings. The summed E-state index contributed by atoms with van der Waals surface area (Å²) in [5, 5.41) is 18.4. The van der Waals surface area contributed by atoms with Crippen molar-refractivity contribution in [3.63, 3.8) is 0 Å². The predicted molar refractivity (Wildman–Crippen MR) is 63.9 cm³/mol. The van der Waals surface area contributed by atoms with Gasteiger partial charge in [0.05, 0.1) is 6.10 Å². The number of carboxylic acids is 1. The SMILES string of the molecule is NC(CCC(=O)O)C(O)c1ccc(Br)cc1. The molecule has 0 amide bonds. The lowest BCUT2D eigenvalue weighted by molar-refractivity contribution is -0.137. The van der Waals surface area contributed by atoms with Crippen LogP contribution in [0.15, 0.2) is 28.7 Å². The van der Waals surface area contributed by atoms with Crippen molar-refractivity contribution in [1.82, 2.24) is 0 Å². The molecule has 0 aliphatic rings. The van der Waals surface area contributed by atoms with E-state index in [1.54, 1.807) is 12.1 Å². The maximum atomic E-state index is 10.4. The van der Waals surface area contributed by atoms with Crippen LogP contribution < -0.4 is 5.73 Å². The third-order valence-electron chi connectivity index (χ3n) is 2.31. The first-order chi connectivity index (χ1) is 7.50. The summed E-state index contributed by atoms with van der Waals surface area (Å²) in [5.41, 5.74) is 6.41. The summed E-state index contributed by atoms with van der Waals surface area (Å²) < 4.78 is 0.919. The number of benzene rings is 1. The monoisotopic (exact) mass is 287 g/mol. The molecule has 5 heteroatoms. The van der Waals surface area contributed by atoms with Gasteiger partial charge >= 0.3 is 5.97 Å². The molecule has 2 unspecified atom stereocenters. The third-order valence-corrected chi connectivity index (χ3v) is 2.84. The molecular formula is C11H14BrNO3. The Morgan fingerprint density at radius 2 is 1.94 bits per heavy atom. The maximum absolute atomic E-state index is 10.4. The molecule has 0 radical (unpaired) electrons. The predicted octanol–water partition coefficient (Wildman–Crippen LogP) is 1.67. The number of carboxylic acid groups (broad SMARTS) is 1. The summed E-state index contributed by atoms with van der Waals surface area (Å²) in [4.78, 5) is 10.4. The van der Waals surface area contributed by atoms with Gasteiger partial charge in [0.25, 0.3) is 0 Å². The summed E-state index contributed by atoms with van der Waals surface area (Å²) in [6.07, 6.45) is -0.603. The Labute approximate surface area is 102 Å². The van der Waals surface area contributed by atoms with Crippen molar-refractivity contribution in [2.45, 2.75) is 25.0 Å². The maximum Gasteiger partial charge on any atom is 0.303 e. The van der Waals surface area contributed by atoms with Crippen molar-refractivity contribution in [3.8, 4) is 0 Å². The van der Waals surface area contributed by atoms with Crippen LogP contribution in [-0.4, -0.2) is 22.2 Å². The van der Waals surface area contributed by atoms with Crippen LogP contribution in [0, 0.1) is 0 Å². The molecule has 4 N–H and O–H groups in total. The van der Waals surface area contributed by atoms with Crippen molar-refractivity contribution in [2.75, 3.05) is 0 Å². The minimum absolute atomic E-state index is 0.0330. The molecule has 1 rings (SSSR count). The van der Waals surface area contributed by atoms with Crippen molar-refractivity contribution in [2.24, 2.45) is 5.73 Å². The van der Waals surface area contributed by atoms with Gasteiger partial charge in [0.15, 0.2) is 0 Å². The Balaban J connectivity index is 2.59. The fourth-order valence-corrected chi connectivity index (χ4v) is 1.62. The normalized spacial score (nSPS) is 14.4. The van der Waals surface area contributed by atoms with Gasteiger partial charge in [-0.3, -0.25) is 4.79 Å². The fourth-order valence-electron chi connectivity index (χ4n) is 1.36. The van der Waals surface area contributed by atoms with E-state index in [-0.39, 0.29) is 12.8 Å². The smallest absolute Gasteiger partial charge is 0.303 e. The van der Waals surface area contributed by atoms with Gasteiger partial charge in [-0.1, -0.05) is 28.1 Å². The largest absolute Gasteiger partial charge is 0.481 e.